The lowest BCUT2D eigenvalue weighted by molar-refractivity contribution is 0.0838. The van der Waals surface area contributed by atoms with Crippen LogP contribution in [0.25, 0.3) is 15.8 Å². The van der Waals surface area contributed by atoms with Crippen molar-refractivity contribution in [1.82, 2.24) is 0 Å². The number of rotatable bonds is 1. The smallest absolute Gasteiger partial charge is 0.250 e. The van der Waals surface area contributed by atoms with Crippen molar-refractivity contribution < 1.29 is 0 Å². The highest BCUT2D eigenvalue weighted by Gasteiger charge is 2.64. The summed E-state index contributed by atoms with van der Waals surface area (Å²) in [6.07, 6.45) is 13.1. The van der Waals surface area contributed by atoms with E-state index in [9.17, 15) is 0 Å². The highest BCUT2D eigenvalue weighted by Crippen LogP contribution is 2.69. The number of hydrogen-bond donors (Lipinski definition) is 0. The summed E-state index contributed by atoms with van der Waals surface area (Å²) in [7, 11) is 0. The molecule has 0 radical (unpaired) electrons. The van der Waals surface area contributed by atoms with E-state index in [-0.39, 0.29) is 66.4 Å². The molecule has 1 saturated carbocycles. The van der Waals surface area contributed by atoms with Gasteiger partial charge in [-0.2, -0.15) is 0 Å². The van der Waals surface area contributed by atoms with Crippen LogP contribution in [0.5, 0.6) is 0 Å². The van der Waals surface area contributed by atoms with Crippen molar-refractivity contribution in [2.24, 2.45) is 5.92 Å². The second-order valence-electron chi connectivity index (χ2n) is 37.0. The Balaban J connectivity index is 1.08. The molecule has 4 unspecified atom stereocenters. The Kier molecular flexibility index (Phi) is 11.0. The summed E-state index contributed by atoms with van der Waals surface area (Å²) < 4.78 is 1.44. The van der Waals surface area contributed by atoms with Gasteiger partial charge in [-0.1, -0.05) is 154 Å². The van der Waals surface area contributed by atoms with Crippen molar-refractivity contribution >= 4 is 83.9 Å². The molecule has 4 aliphatic heterocycles. The second kappa shape index (κ2) is 17.0. The molecule has 5 heterocycles. The van der Waals surface area contributed by atoms with Crippen LogP contribution in [0.2, 0.25) is 0 Å². The molecule has 89 heavy (non-hydrogen) atoms. The van der Waals surface area contributed by atoms with Crippen LogP contribution >= 0.6 is 11.3 Å². The Bertz CT molecular complexity index is 4430. The maximum Gasteiger partial charge on any atom is 0.250 e. The summed E-state index contributed by atoms with van der Waals surface area (Å²) in [6, 6.07) is 37.6. The fraction of sp³-hybridized carbons (Fsp3) is 0.524. The molecule has 0 spiro atoms. The first-order chi connectivity index (χ1) is 41.5. The van der Waals surface area contributed by atoms with Gasteiger partial charge in [-0.05, 0) is 284 Å². The standard InChI is InChI=1S/C84H100BN3S/c1-47-36-48(2)68-64(37-47)88-52-40-65-70-66(41-52)87(51-23-24-55-58(38-51)76(7,8)29-28-74(55,3)4)73-69(54-43-60-62(45-67(54)89-73)80(15,16)33-31-78(60,11)12)85(70)72-71(53-42-59-61(44-57(53)81(72,17)18)79(13,14)32-30-77(59,9)10)86(65)50-22-25-56-63(39-50)82(19,35-34-75(56,5)6)49-26-27-83(68,20)84(88,21)46-49/h22-25,36-45,49H,26-35,46H2,1-21H3. The Labute approximate surface area is 539 Å². The fourth-order valence-corrected chi connectivity index (χ4v) is 23.2. The number of aryl methyl sites for hydroxylation is 2. The first kappa shape index (κ1) is 57.4. The third-order valence-corrected chi connectivity index (χ3v) is 29.3. The van der Waals surface area contributed by atoms with Gasteiger partial charge < -0.3 is 14.7 Å². The lowest BCUT2D eigenvalue weighted by Gasteiger charge is -2.58. The van der Waals surface area contributed by atoms with Gasteiger partial charge in [0.15, 0.2) is 0 Å². The molecule has 1 fully saturated rings. The van der Waals surface area contributed by atoms with Crippen LogP contribution in [0.15, 0.2) is 90.4 Å². The van der Waals surface area contributed by atoms with E-state index in [0.717, 1.165) is 6.42 Å². The maximum absolute atomic E-state index is 3.00. The lowest BCUT2D eigenvalue weighted by atomic mass is 9.30. The van der Waals surface area contributed by atoms with Crippen LogP contribution in [0.1, 0.15) is 275 Å². The summed E-state index contributed by atoms with van der Waals surface area (Å²) in [5.41, 5.74) is 33.8. The van der Waals surface area contributed by atoms with Gasteiger partial charge in [0.05, 0.1) is 10.5 Å². The molecule has 3 nitrogen and oxygen atoms in total. The first-order valence-electron chi connectivity index (χ1n) is 35.0. The molecule has 6 aliphatic carbocycles. The van der Waals surface area contributed by atoms with E-state index in [2.05, 4.69) is 256 Å². The van der Waals surface area contributed by atoms with E-state index < -0.39 is 0 Å². The van der Waals surface area contributed by atoms with Gasteiger partial charge in [0, 0.05) is 60.9 Å². The minimum atomic E-state index is -0.316. The van der Waals surface area contributed by atoms with Crippen LogP contribution < -0.4 is 25.6 Å². The van der Waals surface area contributed by atoms with Gasteiger partial charge in [0.1, 0.15) is 0 Å². The van der Waals surface area contributed by atoms with E-state index >= 15 is 0 Å². The highest BCUT2D eigenvalue weighted by atomic mass is 32.1. The molecule has 17 rings (SSSR count). The molecular formula is C84H100BN3S. The zero-order valence-electron chi connectivity index (χ0n) is 58.3. The fourth-order valence-electron chi connectivity index (χ4n) is 21.9. The van der Waals surface area contributed by atoms with Crippen LogP contribution in [-0.4, -0.2) is 12.3 Å². The van der Waals surface area contributed by atoms with Gasteiger partial charge in [0.2, 0.25) is 0 Å². The molecule has 0 N–H and O–H groups in total. The van der Waals surface area contributed by atoms with Crippen molar-refractivity contribution in [3.8, 4) is 0 Å². The number of benzene rings is 6. The molecule has 7 aromatic rings. The number of anilines is 7. The molecule has 4 atom stereocenters. The number of hydrogen-bond acceptors (Lipinski definition) is 4. The average molecular weight is 1190 g/mol. The van der Waals surface area contributed by atoms with Crippen molar-refractivity contribution in [1.29, 1.82) is 0 Å². The van der Waals surface area contributed by atoms with E-state index in [1.54, 1.807) is 44.4 Å². The first-order valence-corrected chi connectivity index (χ1v) is 35.8. The third-order valence-electron chi connectivity index (χ3n) is 28.1. The number of thiophene rings is 1. The Morgan fingerprint density at radius 1 is 0.438 bits per heavy atom. The molecule has 460 valence electrons. The van der Waals surface area contributed by atoms with Crippen molar-refractivity contribution in [2.75, 3.05) is 14.7 Å². The molecule has 6 aromatic carbocycles. The lowest BCUT2D eigenvalue weighted by Crippen LogP contribution is -2.60. The largest absolute Gasteiger partial charge is 0.334 e. The third kappa shape index (κ3) is 7.09. The zero-order valence-corrected chi connectivity index (χ0v) is 59.1. The number of allylic oxidation sites excluding steroid dienone is 1. The number of fused-ring (bicyclic) bond motifs is 20. The predicted molar refractivity (Wildman–Crippen MR) is 383 cm³/mol. The minimum absolute atomic E-state index is 0.00240. The summed E-state index contributed by atoms with van der Waals surface area (Å²) >= 11 is 2.10. The van der Waals surface area contributed by atoms with Gasteiger partial charge >= 0.3 is 0 Å². The molecular weight excluding hydrogens is 1090 g/mol. The summed E-state index contributed by atoms with van der Waals surface area (Å²) in [4.78, 5) is 8.80. The molecule has 5 heteroatoms. The van der Waals surface area contributed by atoms with Crippen LogP contribution in [0.4, 0.5) is 39.1 Å². The maximum atomic E-state index is 3.00. The zero-order chi connectivity index (χ0) is 62.8. The summed E-state index contributed by atoms with van der Waals surface area (Å²) in [6.45, 7) is 53.8. The van der Waals surface area contributed by atoms with Gasteiger partial charge in [-0.15, -0.1) is 11.3 Å². The van der Waals surface area contributed by atoms with E-state index in [0.29, 0.717) is 5.92 Å². The van der Waals surface area contributed by atoms with Crippen LogP contribution in [0, 0.1) is 19.8 Å². The Hall–Kier alpha value is -5.52. The van der Waals surface area contributed by atoms with Crippen LogP contribution in [-0.2, 0) is 54.1 Å². The minimum Gasteiger partial charge on any atom is -0.334 e. The molecule has 6 bridgehead atoms. The Morgan fingerprint density at radius 3 is 1.56 bits per heavy atom. The summed E-state index contributed by atoms with van der Waals surface area (Å²) in [5, 5.41) is 2.88. The van der Waals surface area contributed by atoms with Gasteiger partial charge in [0.25, 0.3) is 6.71 Å². The topological polar surface area (TPSA) is 9.72 Å². The summed E-state index contributed by atoms with van der Waals surface area (Å²) in [5.74, 6) is 0.505. The Morgan fingerprint density at radius 2 is 0.944 bits per heavy atom. The highest BCUT2D eigenvalue weighted by molar-refractivity contribution is 7.26. The van der Waals surface area contributed by atoms with E-state index in [4.69, 9.17) is 0 Å². The normalized spacial score (nSPS) is 28.6. The number of nitrogens with zero attached hydrogens (tertiary/aromatic N) is 3. The van der Waals surface area contributed by atoms with Crippen molar-refractivity contribution in [3.05, 3.63) is 163 Å². The quantitative estimate of drug-likeness (QED) is 0.152. The van der Waals surface area contributed by atoms with Crippen molar-refractivity contribution in [2.45, 2.75) is 276 Å². The van der Waals surface area contributed by atoms with E-state index in [1.807, 2.05) is 0 Å². The van der Waals surface area contributed by atoms with Crippen LogP contribution in [0.3, 0.4) is 0 Å². The molecule has 1 aromatic heterocycles. The average Bonchev–Trinajstić information content (AvgIpc) is 1.57. The second-order valence-corrected chi connectivity index (χ2v) is 38.0. The van der Waals surface area contributed by atoms with E-state index in [1.165, 1.54) is 163 Å². The SMILES string of the molecule is Cc1cc(C)c2c(c1)N1c3cc4c5c(c3)N(c3ccc6c(c3)C(C)(C)CCC6(C)C)c3sc6cc7c(cc6c3B5C3=C(c5cc6c(cc5C3(C)C)C(C)(C)CCC6(C)C)N4c3ccc4c(c3)C(C)(CCC4(C)C)C3CCC2(C)C1(C)C3)C(C)(C)CCC7(C)C. The molecule has 0 saturated heterocycles. The predicted octanol–water partition coefficient (Wildman–Crippen LogP) is 21.7. The molecule has 10 aliphatic rings. The van der Waals surface area contributed by atoms with Gasteiger partial charge in [-0.3, -0.25) is 0 Å². The van der Waals surface area contributed by atoms with Crippen molar-refractivity contribution in [3.63, 3.8) is 0 Å². The molecule has 0 amide bonds. The monoisotopic (exact) mass is 1190 g/mol. The van der Waals surface area contributed by atoms with Gasteiger partial charge in [-0.25, -0.2) is 0 Å².